The fourth-order valence-corrected chi connectivity index (χ4v) is 1.65. The fourth-order valence-electron chi connectivity index (χ4n) is 1.47. The Kier molecular flexibility index (Phi) is 2.52. The van der Waals surface area contributed by atoms with Crippen LogP contribution < -0.4 is 5.73 Å². The molecule has 0 unspecified atom stereocenters. The van der Waals surface area contributed by atoms with Crippen LogP contribution in [0.5, 0.6) is 5.75 Å². The van der Waals surface area contributed by atoms with Crippen molar-refractivity contribution in [2.45, 2.75) is 0 Å². The van der Waals surface area contributed by atoms with Crippen LogP contribution in [-0.4, -0.2) is 5.11 Å². The van der Waals surface area contributed by atoms with Crippen LogP contribution in [0.25, 0.3) is 11.1 Å². The molecule has 2 aromatic carbocycles. The summed E-state index contributed by atoms with van der Waals surface area (Å²) < 4.78 is 0. The molecule has 3 N–H and O–H groups in total. The minimum atomic E-state index is 0.224. The van der Waals surface area contributed by atoms with Crippen molar-refractivity contribution < 1.29 is 5.11 Å². The third kappa shape index (κ3) is 2.05. The highest BCUT2D eigenvalue weighted by Crippen LogP contribution is 2.29. The van der Waals surface area contributed by atoms with Crippen molar-refractivity contribution in [1.29, 1.82) is 0 Å². The van der Waals surface area contributed by atoms with E-state index in [0.29, 0.717) is 10.7 Å². The van der Waals surface area contributed by atoms with E-state index in [1.54, 1.807) is 30.3 Å². The first-order chi connectivity index (χ1) is 7.16. The molecule has 76 valence electrons. The van der Waals surface area contributed by atoms with Gasteiger partial charge in [-0.25, -0.2) is 0 Å². The molecule has 2 nitrogen and oxygen atoms in total. The molecule has 15 heavy (non-hydrogen) atoms. The Labute approximate surface area is 92.9 Å². The maximum absolute atomic E-state index is 9.35. The van der Waals surface area contributed by atoms with E-state index >= 15 is 0 Å². The molecule has 0 saturated carbocycles. The Hall–Kier alpha value is -1.67. The second kappa shape index (κ2) is 3.83. The van der Waals surface area contributed by atoms with E-state index in [1.165, 1.54) is 0 Å². The molecular weight excluding hydrogens is 210 g/mol. The van der Waals surface area contributed by atoms with Gasteiger partial charge in [-0.05, 0) is 29.8 Å². The van der Waals surface area contributed by atoms with Crippen molar-refractivity contribution in [3.05, 3.63) is 47.5 Å². The lowest BCUT2D eigenvalue weighted by molar-refractivity contribution is 0.475. The van der Waals surface area contributed by atoms with E-state index in [0.717, 1.165) is 11.1 Å². The fraction of sp³-hybridized carbons (Fsp3) is 0. The van der Waals surface area contributed by atoms with Gasteiger partial charge < -0.3 is 10.8 Å². The van der Waals surface area contributed by atoms with Gasteiger partial charge >= 0.3 is 0 Å². The van der Waals surface area contributed by atoms with Gasteiger partial charge in [-0.15, -0.1) is 0 Å². The number of phenols is 1. The lowest BCUT2D eigenvalue weighted by Crippen LogP contribution is -1.89. The van der Waals surface area contributed by atoms with Gasteiger partial charge in [-0.3, -0.25) is 0 Å². The van der Waals surface area contributed by atoms with Crippen LogP contribution in [0.1, 0.15) is 0 Å². The molecule has 0 aliphatic carbocycles. The number of benzene rings is 2. The van der Waals surface area contributed by atoms with E-state index in [-0.39, 0.29) is 5.75 Å². The quantitative estimate of drug-likeness (QED) is 0.723. The minimum absolute atomic E-state index is 0.224. The molecule has 0 saturated heterocycles. The third-order valence-corrected chi connectivity index (χ3v) is 2.41. The topological polar surface area (TPSA) is 46.2 Å². The summed E-state index contributed by atoms with van der Waals surface area (Å²) in [6, 6.07) is 12.3. The Morgan fingerprint density at radius 2 is 1.87 bits per heavy atom. The zero-order chi connectivity index (χ0) is 10.8. The predicted octanol–water partition coefficient (Wildman–Crippen LogP) is 3.29. The molecule has 0 aliphatic rings. The number of anilines is 1. The average Bonchev–Trinajstić information content (AvgIpc) is 2.17. The highest BCUT2D eigenvalue weighted by Gasteiger charge is 2.03. The Morgan fingerprint density at radius 3 is 2.53 bits per heavy atom. The molecule has 0 aliphatic heterocycles. The molecule has 2 rings (SSSR count). The lowest BCUT2D eigenvalue weighted by Gasteiger charge is -2.06. The van der Waals surface area contributed by atoms with Crippen molar-refractivity contribution in [1.82, 2.24) is 0 Å². The number of hydrogen-bond acceptors (Lipinski definition) is 2. The maximum atomic E-state index is 9.35. The molecule has 0 radical (unpaired) electrons. The van der Waals surface area contributed by atoms with E-state index < -0.39 is 0 Å². The number of rotatable bonds is 1. The average molecular weight is 220 g/mol. The van der Waals surface area contributed by atoms with Gasteiger partial charge in [0.1, 0.15) is 5.75 Å². The Balaban J connectivity index is 2.54. The SMILES string of the molecule is Nc1cc(Cl)ccc1-c1cccc(O)c1. The second-order valence-electron chi connectivity index (χ2n) is 3.28. The number of phenolic OH excluding ortho intramolecular Hbond substituents is 1. The molecule has 0 aromatic heterocycles. The van der Waals surface area contributed by atoms with Crippen LogP contribution in [0.15, 0.2) is 42.5 Å². The number of nitrogens with two attached hydrogens (primary N) is 1. The lowest BCUT2D eigenvalue weighted by atomic mass is 10.0. The van der Waals surface area contributed by atoms with Crippen LogP contribution in [0.3, 0.4) is 0 Å². The third-order valence-electron chi connectivity index (χ3n) is 2.17. The highest BCUT2D eigenvalue weighted by atomic mass is 35.5. The van der Waals surface area contributed by atoms with Crippen LogP contribution in [0.4, 0.5) is 5.69 Å². The summed E-state index contributed by atoms with van der Waals surface area (Å²) in [5, 5.41) is 9.96. The Bertz CT molecular complexity index is 497. The normalized spacial score (nSPS) is 10.2. The molecule has 0 spiro atoms. The van der Waals surface area contributed by atoms with E-state index in [4.69, 9.17) is 17.3 Å². The zero-order valence-electron chi connectivity index (χ0n) is 7.94. The molecule has 0 heterocycles. The van der Waals surface area contributed by atoms with Gasteiger partial charge in [-0.1, -0.05) is 29.8 Å². The predicted molar refractivity (Wildman–Crippen MR) is 63.0 cm³/mol. The maximum Gasteiger partial charge on any atom is 0.116 e. The number of hydrogen-bond donors (Lipinski definition) is 2. The van der Waals surface area contributed by atoms with Crippen molar-refractivity contribution in [3.63, 3.8) is 0 Å². The van der Waals surface area contributed by atoms with Gasteiger partial charge in [0.2, 0.25) is 0 Å². The number of nitrogen functional groups attached to an aromatic ring is 1. The van der Waals surface area contributed by atoms with Crippen molar-refractivity contribution >= 4 is 17.3 Å². The first kappa shape index (κ1) is 9.87. The van der Waals surface area contributed by atoms with Crippen molar-refractivity contribution in [3.8, 4) is 16.9 Å². The summed E-state index contributed by atoms with van der Waals surface area (Å²) in [4.78, 5) is 0. The Morgan fingerprint density at radius 1 is 1.07 bits per heavy atom. The van der Waals surface area contributed by atoms with Crippen molar-refractivity contribution in [2.75, 3.05) is 5.73 Å². The summed E-state index contributed by atoms with van der Waals surface area (Å²) in [5.74, 6) is 0.224. The standard InChI is InChI=1S/C12H10ClNO/c13-9-4-5-11(12(14)7-9)8-2-1-3-10(15)6-8/h1-7,15H,14H2. The minimum Gasteiger partial charge on any atom is -0.508 e. The van der Waals surface area contributed by atoms with Gasteiger partial charge in [0, 0.05) is 16.3 Å². The first-order valence-corrected chi connectivity index (χ1v) is 4.89. The van der Waals surface area contributed by atoms with Crippen LogP contribution in [-0.2, 0) is 0 Å². The largest absolute Gasteiger partial charge is 0.508 e. The number of aromatic hydroxyl groups is 1. The zero-order valence-corrected chi connectivity index (χ0v) is 8.70. The number of halogens is 1. The van der Waals surface area contributed by atoms with Crippen LogP contribution in [0.2, 0.25) is 5.02 Å². The molecule has 0 bridgehead atoms. The molecular formula is C12H10ClNO. The van der Waals surface area contributed by atoms with Crippen LogP contribution in [0, 0.1) is 0 Å². The summed E-state index contributed by atoms with van der Waals surface area (Å²) >= 11 is 5.81. The van der Waals surface area contributed by atoms with E-state index in [1.807, 2.05) is 12.1 Å². The van der Waals surface area contributed by atoms with Gasteiger partial charge in [0.25, 0.3) is 0 Å². The van der Waals surface area contributed by atoms with Crippen LogP contribution >= 0.6 is 11.6 Å². The summed E-state index contributed by atoms with van der Waals surface area (Å²) in [6.45, 7) is 0. The molecule has 3 heteroatoms. The monoisotopic (exact) mass is 219 g/mol. The molecule has 2 aromatic rings. The van der Waals surface area contributed by atoms with E-state index in [2.05, 4.69) is 0 Å². The summed E-state index contributed by atoms with van der Waals surface area (Å²) in [7, 11) is 0. The highest BCUT2D eigenvalue weighted by molar-refractivity contribution is 6.31. The smallest absolute Gasteiger partial charge is 0.116 e. The summed E-state index contributed by atoms with van der Waals surface area (Å²) in [5.41, 5.74) is 8.19. The summed E-state index contributed by atoms with van der Waals surface area (Å²) in [6.07, 6.45) is 0. The molecule has 0 fully saturated rings. The van der Waals surface area contributed by atoms with Gasteiger partial charge in [0.05, 0.1) is 0 Å². The second-order valence-corrected chi connectivity index (χ2v) is 3.72. The van der Waals surface area contributed by atoms with Gasteiger partial charge in [0.15, 0.2) is 0 Å². The van der Waals surface area contributed by atoms with E-state index in [9.17, 15) is 5.11 Å². The van der Waals surface area contributed by atoms with Crippen molar-refractivity contribution in [2.24, 2.45) is 0 Å². The van der Waals surface area contributed by atoms with Gasteiger partial charge in [-0.2, -0.15) is 0 Å². The molecule has 0 amide bonds. The first-order valence-electron chi connectivity index (χ1n) is 4.51. The molecule has 0 atom stereocenters.